The van der Waals surface area contributed by atoms with Crippen LogP contribution < -0.4 is 0 Å². The molecule has 1 aliphatic rings. The van der Waals surface area contributed by atoms with Gasteiger partial charge in [0.25, 0.3) is 5.91 Å². The molecule has 1 aromatic carbocycles. The third kappa shape index (κ3) is 4.35. The number of ether oxygens (including phenoxy) is 1. The van der Waals surface area contributed by atoms with Crippen LogP contribution in [-0.4, -0.2) is 68.0 Å². The number of aromatic nitrogens is 1. The van der Waals surface area contributed by atoms with E-state index >= 15 is 0 Å². The summed E-state index contributed by atoms with van der Waals surface area (Å²) >= 11 is 1.49. The van der Waals surface area contributed by atoms with Crippen LogP contribution in [0.5, 0.6) is 0 Å². The van der Waals surface area contributed by atoms with E-state index in [9.17, 15) is 13.2 Å². The minimum atomic E-state index is -3.54. The zero-order valence-corrected chi connectivity index (χ0v) is 21.5. The van der Waals surface area contributed by atoms with Crippen molar-refractivity contribution in [2.24, 2.45) is 0 Å². The first-order valence-corrected chi connectivity index (χ1v) is 13.4. The third-order valence-corrected chi connectivity index (χ3v) is 9.66. The molecule has 9 heteroatoms. The van der Waals surface area contributed by atoms with Crippen LogP contribution in [-0.2, 0) is 21.3 Å². The average molecular weight is 490 g/mol. The van der Waals surface area contributed by atoms with Gasteiger partial charge in [-0.05, 0) is 57.5 Å². The molecule has 3 heterocycles. The molecule has 1 saturated heterocycles. The second kappa shape index (κ2) is 9.21. The second-order valence-corrected chi connectivity index (χ2v) is 11.9. The number of thiophene rings is 1. The van der Waals surface area contributed by atoms with Crippen LogP contribution in [0.1, 0.15) is 31.4 Å². The topological polar surface area (TPSA) is 71.8 Å². The van der Waals surface area contributed by atoms with Gasteiger partial charge in [0.1, 0.15) is 0 Å². The Kier molecular flexibility index (Phi) is 6.68. The molecule has 4 rings (SSSR count). The first-order chi connectivity index (χ1) is 15.6. The highest BCUT2D eigenvalue weighted by Crippen LogP contribution is 2.29. The monoisotopic (exact) mass is 489 g/mol. The van der Waals surface area contributed by atoms with Gasteiger partial charge in [-0.15, -0.1) is 11.3 Å². The van der Waals surface area contributed by atoms with Crippen molar-refractivity contribution in [3.05, 3.63) is 50.8 Å². The largest absolute Gasteiger partial charge is 0.383 e. The number of carbonyl (C=O) groups excluding carboxylic acids is 1. The molecule has 33 heavy (non-hydrogen) atoms. The number of piperazine rings is 1. The second-order valence-electron chi connectivity index (χ2n) is 8.56. The van der Waals surface area contributed by atoms with Gasteiger partial charge in [-0.2, -0.15) is 4.31 Å². The maximum Gasteiger partial charge on any atom is 0.253 e. The van der Waals surface area contributed by atoms with E-state index in [1.807, 2.05) is 32.0 Å². The Morgan fingerprint density at radius 2 is 1.76 bits per heavy atom. The van der Waals surface area contributed by atoms with Crippen molar-refractivity contribution >= 4 is 38.2 Å². The van der Waals surface area contributed by atoms with Crippen molar-refractivity contribution < 1.29 is 17.9 Å². The van der Waals surface area contributed by atoms with E-state index in [0.717, 1.165) is 32.8 Å². The van der Waals surface area contributed by atoms with Crippen LogP contribution in [0.15, 0.2) is 29.2 Å². The van der Waals surface area contributed by atoms with Crippen molar-refractivity contribution in [3.63, 3.8) is 0 Å². The van der Waals surface area contributed by atoms with E-state index in [2.05, 4.69) is 18.4 Å². The van der Waals surface area contributed by atoms with Crippen LogP contribution in [0.4, 0.5) is 0 Å². The lowest BCUT2D eigenvalue weighted by Gasteiger charge is -2.34. The molecular formula is C24H31N3O4S2. The summed E-state index contributed by atoms with van der Waals surface area (Å²) in [6.07, 6.45) is 0. The van der Waals surface area contributed by atoms with Crippen LogP contribution in [0.3, 0.4) is 0 Å². The summed E-state index contributed by atoms with van der Waals surface area (Å²) in [5.74, 6) is -0.0572. The number of sulfonamides is 1. The van der Waals surface area contributed by atoms with Crippen molar-refractivity contribution in [1.82, 2.24) is 13.8 Å². The third-order valence-electron chi connectivity index (χ3n) is 6.54. The first kappa shape index (κ1) is 23.9. The zero-order valence-electron chi connectivity index (χ0n) is 19.8. The zero-order chi connectivity index (χ0) is 23.9. The molecule has 0 radical (unpaired) electrons. The lowest BCUT2D eigenvalue weighted by molar-refractivity contribution is 0.0698. The summed E-state index contributed by atoms with van der Waals surface area (Å²) in [6, 6.07) is 7.57. The van der Waals surface area contributed by atoms with Gasteiger partial charge in [-0.3, -0.25) is 4.79 Å². The molecule has 0 unspecified atom stereocenters. The van der Waals surface area contributed by atoms with Crippen molar-refractivity contribution in [2.75, 3.05) is 39.9 Å². The maximum absolute atomic E-state index is 13.2. The summed E-state index contributed by atoms with van der Waals surface area (Å²) in [7, 11) is -1.84. The maximum atomic E-state index is 13.2. The number of rotatable bonds is 6. The van der Waals surface area contributed by atoms with E-state index in [0.29, 0.717) is 43.2 Å². The van der Waals surface area contributed by atoms with Gasteiger partial charge in [0.15, 0.2) is 0 Å². The fourth-order valence-electron chi connectivity index (χ4n) is 4.57. The fourth-order valence-corrected chi connectivity index (χ4v) is 7.52. The van der Waals surface area contributed by atoms with Gasteiger partial charge in [-0.1, -0.05) is 0 Å². The Morgan fingerprint density at radius 3 is 2.36 bits per heavy atom. The van der Waals surface area contributed by atoms with Crippen molar-refractivity contribution in [1.29, 1.82) is 0 Å². The summed E-state index contributed by atoms with van der Waals surface area (Å²) < 4.78 is 35.1. The Labute approximate surface area is 199 Å². The normalized spacial score (nSPS) is 15.5. The molecule has 1 aliphatic heterocycles. The molecule has 1 amide bonds. The predicted octanol–water partition coefficient (Wildman–Crippen LogP) is 3.73. The summed E-state index contributed by atoms with van der Waals surface area (Å²) in [5.41, 5.74) is 4.06. The van der Waals surface area contributed by atoms with E-state index in [-0.39, 0.29) is 5.91 Å². The number of nitrogens with zero attached hydrogens (tertiary/aromatic N) is 3. The summed E-state index contributed by atoms with van der Waals surface area (Å²) in [4.78, 5) is 17.2. The number of methoxy groups -OCH3 is 1. The van der Waals surface area contributed by atoms with E-state index in [1.165, 1.54) is 21.3 Å². The van der Waals surface area contributed by atoms with Crippen LogP contribution in [0.25, 0.3) is 10.9 Å². The number of hydrogen-bond acceptors (Lipinski definition) is 5. The molecule has 0 saturated carbocycles. The number of fused-ring (bicyclic) bond motifs is 1. The Bertz CT molecular complexity index is 1300. The molecule has 3 aromatic rings. The molecule has 1 fully saturated rings. The van der Waals surface area contributed by atoms with Gasteiger partial charge >= 0.3 is 0 Å². The van der Waals surface area contributed by atoms with Gasteiger partial charge in [-0.25, -0.2) is 8.42 Å². The molecule has 178 valence electrons. The van der Waals surface area contributed by atoms with E-state index in [4.69, 9.17) is 4.74 Å². The van der Waals surface area contributed by atoms with Crippen molar-refractivity contribution in [3.8, 4) is 0 Å². The van der Waals surface area contributed by atoms with Gasteiger partial charge in [0, 0.05) is 71.7 Å². The molecule has 7 nitrogen and oxygen atoms in total. The predicted molar refractivity (Wildman–Crippen MR) is 132 cm³/mol. The minimum Gasteiger partial charge on any atom is -0.383 e. The lowest BCUT2D eigenvalue weighted by atomic mass is 10.1. The minimum absolute atomic E-state index is 0.0572. The van der Waals surface area contributed by atoms with Crippen LogP contribution >= 0.6 is 11.3 Å². The smallest absolute Gasteiger partial charge is 0.253 e. The number of benzene rings is 1. The highest BCUT2D eigenvalue weighted by molar-refractivity contribution is 7.89. The lowest BCUT2D eigenvalue weighted by Crippen LogP contribution is -2.50. The molecule has 0 N–H and O–H groups in total. The molecule has 2 aromatic heterocycles. The first-order valence-electron chi connectivity index (χ1n) is 11.1. The average Bonchev–Trinajstić information content (AvgIpc) is 3.27. The molecule has 0 spiro atoms. The SMILES string of the molecule is COCCn1c(C)c(C)c2cc(C(=O)N3CCN(S(=O)(=O)c4cc(C)sc4C)CC3)ccc21. The molecular weight excluding hydrogens is 458 g/mol. The highest BCUT2D eigenvalue weighted by Gasteiger charge is 2.32. The number of carbonyl (C=O) groups is 1. The number of amides is 1. The number of hydrogen-bond donors (Lipinski definition) is 0. The summed E-state index contributed by atoms with van der Waals surface area (Å²) in [6.45, 7) is 10.7. The molecule has 0 aliphatic carbocycles. The Hall–Kier alpha value is -2.20. The summed E-state index contributed by atoms with van der Waals surface area (Å²) in [5, 5.41) is 1.07. The highest BCUT2D eigenvalue weighted by atomic mass is 32.2. The number of aryl methyl sites for hydroxylation is 3. The Balaban J connectivity index is 1.51. The molecule has 0 bridgehead atoms. The quantitative estimate of drug-likeness (QED) is 0.529. The van der Waals surface area contributed by atoms with Gasteiger partial charge in [0.2, 0.25) is 10.0 Å². The van der Waals surface area contributed by atoms with Crippen LogP contribution in [0, 0.1) is 27.7 Å². The fraction of sp³-hybridized carbons (Fsp3) is 0.458. The van der Waals surface area contributed by atoms with Crippen molar-refractivity contribution in [2.45, 2.75) is 39.1 Å². The van der Waals surface area contributed by atoms with Crippen LogP contribution in [0.2, 0.25) is 0 Å². The van der Waals surface area contributed by atoms with E-state index in [1.54, 1.807) is 18.1 Å². The van der Waals surface area contributed by atoms with Gasteiger partial charge in [0.05, 0.1) is 11.5 Å². The Morgan fingerprint density at radius 1 is 1.06 bits per heavy atom. The van der Waals surface area contributed by atoms with E-state index < -0.39 is 10.0 Å². The molecule has 0 atom stereocenters. The standard InChI is InChI=1S/C24H31N3O4S2/c1-16-14-23(19(4)32-16)33(29,30)26-10-8-25(9-11-26)24(28)20-6-7-22-21(15-20)17(2)18(3)27(22)12-13-31-5/h6-7,14-15H,8-13H2,1-5H3. The van der Waals surface area contributed by atoms with Gasteiger partial charge < -0.3 is 14.2 Å².